The van der Waals surface area contributed by atoms with Gasteiger partial charge in [0.15, 0.2) is 22.8 Å². The number of thiazole rings is 1. The number of carbonyl (C=O) groups is 4. The number of carbonyl (C=O) groups excluding carboxylic acids is 2. The Kier molecular flexibility index (Phi) is 12.0. The highest BCUT2D eigenvalue weighted by Crippen LogP contribution is 2.42. The number of aromatic hydroxyl groups is 1. The van der Waals surface area contributed by atoms with Crippen molar-refractivity contribution >= 4 is 69.2 Å². The number of hydrogen-bond donors (Lipinski definition) is 10. The zero-order valence-electron chi connectivity index (χ0n) is 29.2. The van der Waals surface area contributed by atoms with E-state index in [0.717, 1.165) is 23.6 Å². The highest BCUT2D eigenvalue weighted by atomic mass is 32.2. The summed E-state index contributed by atoms with van der Waals surface area (Å²) in [7, 11) is 0. The summed E-state index contributed by atoms with van der Waals surface area (Å²) in [4.78, 5) is 76.0. The van der Waals surface area contributed by atoms with E-state index in [0.29, 0.717) is 35.4 Å². The predicted octanol–water partition coefficient (Wildman–Crippen LogP) is -1.47. The third-order valence-corrected chi connectivity index (χ3v) is 10.4. The van der Waals surface area contributed by atoms with Gasteiger partial charge in [-0.1, -0.05) is 5.16 Å². The topological polar surface area (TPSA) is 334 Å². The van der Waals surface area contributed by atoms with Gasteiger partial charge in [-0.25, -0.2) is 19.1 Å². The van der Waals surface area contributed by atoms with Crippen molar-refractivity contribution in [1.82, 2.24) is 30.2 Å². The van der Waals surface area contributed by atoms with Gasteiger partial charge in [-0.2, -0.15) is 4.73 Å². The number of hydrogen-bond acceptors (Lipinski definition) is 18. The smallest absolute Gasteiger partial charge is 0.352 e. The van der Waals surface area contributed by atoms with Crippen molar-refractivity contribution < 1.29 is 54.2 Å². The first-order valence-corrected chi connectivity index (χ1v) is 18.3. The minimum Gasteiger partial charge on any atom is -0.503 e. The molecule has 1 saturated heterocycles. The van der Waals surface area contributed by atoms with Crippen LogP contribution in [-0.4, -0.2) is 117 Å². The summed E-state index contributed by atoms with van der Waals surface area (Å²) in [5.41, 5.74) is 9.23. The molecule has 2 aliphatic rings. The Balaban J connectivity index is 1.19. The summed E-state index contributed by atoms with van der Waals surface area (Å²) in [6.45, 7) is 3.17. The van der Waals surface area contributed by atoms with E-state index in [2.05, 4.69) is 31.1 Å². The van der Waals surface area contributed by atoms with Crippen LogP contribution < -0.4 is 37.4 Å². The Hall–Kier alpha value is -6.14. The molecule has 22 nitrogen and oxygen atoms in total. The fraction of sp³-hybridized carbons (Fsp3) is 0.387. The molecular weight excluding hydrogens is 767 g/mol. The second-order valence-corrected chi connectivity index (χ2v) is 14.7. The number of nitrogens with zero attached hydrogens (tertiary/aromatic N) is 6. The van der Waals surface area contributed by atoms with Crippen LogP contribution in [0.4, 0.5) is 16.6 Å². The molecule has 2 amide bonds. The normalized spacial score (nSPS) is 18.2. The number of nitrogens with two attached hydrogens (primary N) is 2. The number of aliphatic carboxylic acids is 2. The maximum atomic E-state index is 13.4. The first-order valence-electron chi connectivity index (χ1n) is 16.3. The molecule has 0 aliphatic carbocycles. The molecule has 294 valence electrons. The summed E-state index contributed by atoms with van der Waals surface area (Å²) in [5, 5.41) is 62.8. The first-order chi connectivity index (χ1) is 26.0. The zero-order valence-corrected chi connectivity index (χ0v) is 30.8. The second-order valence-electron chi connectivity index (χ2n) is 12.7. The fourth-order valence-corrected chi connectivity index (χ4v) is 7.29. The molecular formula is C31H38N11O11S2+. The summed E-state index contributed by atoms with van der Waals surface area (Å²) in [5.74, 6) is -4.50. The van der Waals surface area contributed by atoms with E-state index in [4.69, 9.17) is 16.3 Å². The molecule has 5 heterocycles. The van der Waals surface area contributed by atoms with Crippen molar-refractivity contribution in [2.45, 2.75) is 56.5 Å². The second kappa shape index (κ2) is 16.5. The minimum absolute atomic E-state index is 0.0110. The number of aliphatic hydroxyl groups is 1. The fourth-order valence-electron chi connectivity index (χ4n) is 5.33. The molecule has 12 N–H and O–H groups in total. The Bertz CT molecular complexity index is 2120. The highest BCUT2D eigenvalue weighted by Gasteiger charge is 2.54. The minimum atomic E-state index is -1.79. The van der Waals surface area contributed by atoms with Crippen LogP contribution in [0.15, 0.2) is 51.4 Å². The van der Waals surface area contributed by atoms with Crippen LogP contribution >= 0.6 is 23.1 Å². The van der Waals surface area contributed by atoms with E-state index < -0.39 is 63.9 Å². The lowest BCUT2D eigenvalue weighted by molar-refractivity contribution is -0.691. The van der Waals surface area contributed by atoms with E-state index >= 15 is 0 Å². The van der Waals surface area contributed by atoms with Crippen molar-refractivity contribution in [3.05, 3.63) is 63.0 Å². The number of oxime groups is 1. The maximum Gasteiger partial charge on any atom is 0.352 e. The maximum absolute atomic E-state index is 13.4. The van der Waals surface area contributed by atoms with E-state index in [1.54, 1.807) is 10.8 Å². The summed E-state index contributed by atoms with van der Waals surface area (Å²) >= 11 is 2.29. The molecule has 2 unspecified atom stereocenters. The molecule has 0 saturated carbocycles. The van der Waals surface area contributed by atoms with Crippen LogP contribution in [0.1, 0.15) is 42.9 Å². The number of carboxylic acids is 2. The van der Waals surface area contributed by atoms with Gasteiger partial charge in [-0.05, 0) is 31.7 Å². The third kappa shape index (κ3) is 8.98. The van der Waals surface area contributed by atoms with Crippen molar-refractivity contribution in [2.75, 3.05) is 35.6 Å². The monoisotopic (exact) mass is 804 g/mol. The van der Waals surface area contributed by atoms with Crippen molar-refractivity contribution in [3.63, 3.8) is 0 Å². The van der Waals surface area contributed by atoms with Gasteiger partial charge in [0.25, 0.3) is 24.0 Å². The van der Waals surface area contributed by atoms with E-state index in [1.165, 1.54) is 42.2 Å². The number of nitrogens with one attached hydrogen (secondary N) is 3. The number of unbranched alkanes of at least 4 members (excludes halogenated alkanes) is 1. The largest absolute Gasteiger partial charge is 0.503 e. The van der Waals surface area contributed by atoms with Gasteiger partial charge in [0.1, 0.15) is 46.9 Å². The van der Waals surface area contributed by atoms with E-state index in [1.807, 2.05) is 0 Å². The number of rotatable bonds is 16. The van der Waals surface area contributed by atoms with Crippen LogP contribution in [0.2, 0.25) is 0 Å². The summed E-state index contributed by atoms with van der Waals surface area (Å²) < 4.78 is 1.98. The number of fused-ring (bicyclic) bond motifs is 1. The van der Waals surface area contributed by atoms with Crippen molar-refractivity contribution in [3.8, 4) is 5.75 Å². The summed E-state index contributed by atoms with van der Waals surface area (Å²) in [6, 6.07) is -0.142. The molecule has 1 fully saturated rings. The summed E-state index contributed by atoms with van der Waals surface area (Å²) in [6.07, 6.45) is 3.41. The first kappa shape index (κ1) is 40.1. The zero-order chi connectivity index (χ0) is 40.2. The molecule has 0 spiro atoms. The van der Waals surface area contributed by atoms with Gasteiger partial charge in [0.05, 0.1) is 6.20 Å². The van der Waals surface area contributed by atoms with Crippen LogP contribution in [0.3, 0.4) is 0 Å². The highest BCUT2D eigenvalue weighted by molar-refractivity contribution is 8.00. The Labute approximate surface area is 319 Å². The number of aliphatic hydroxyl groups excluding tert-OH is 1. The van der Waals surface area contributed by atoms with Gasteiger partial charge in [-0.15, -0.1) is 23.1 Å². The van der Waals surface area contributed by atoms with E-state index in [-0.39, 0.29) is 46.9 Å². The van der Waals surface area contributed by atoms with Crippen molar-refractivity contribution in [2.24, 2.45) is 5.16 Å². The molecule has 3 atom stereocenters. The molecule has 2 aliphatic heterocycles. The lowest BCUT2D eigenvalue weighted by atomic mass is 10.0. The quantitative estimate of drug-likeness (QED) is 0.0260. The molecule has 24 heteroatoms. The lowest BCUT2D eigenvalue weighted by Gasteiger charge is -2.55. The average molecular weight is 805 g/mol. The number of anilines is 3. The third-order valence-electron chi connectivity index (χ3n) is 8.31. The van der Waals surface area contributed by atoms with Gasteiger partial charge in [-0.3, -0.25) is 14.4 Å². The number of aromatic nitrogens is 4. The molecule has 0 aromatic carbocycles. The van der Waals surface area contributed by atoms with Crippen LogP contribution in [0, 0.1) is 0 Å². The SMILES string of the molecule is CC(C)(O/N=C(\C(=O)N[C@@H]1C(O)N2C(C(=O)O)=C(C[n+]3cnc(N)c(NCCCCNC(=O)c4cc(=O)c(O)cn4O)c3)CSC12)c1csc(N)n1)C(=O)O. The Morgan fingerprint density at radius 3 is 2.58 bits per heavy atom. The molecule has 0 radical (unpaired) electrons. The van der Waals surface area contributed by atoms with Gasteiger partial charge in [0.2, 0.25) is 11.0 Å². The van der Waals surface area contributed by atoms with Gasteiger partial charge < -0.3 is 62.8 Å². The van der Waals surface area contributed by atoms with Gasteiger partial charge >= 0.3 is 11.9 Å². The molecule has 55 heavy (non-hydrogen) atoms. The van der Waals surface area contributed by atoms with Crippen LogP contribution in [0.25, 0.3) is 0 Å². The van der Waals surface area contributed by atoms with Crippen LogP contribution in [-0.2, 0) is 25.8 Å². The number of pyridine rings is 1. The van der Waals surface area contributed by atoms with Crippen LogP contribution in [0.5, 0.6) is 5.75 Å². The Morgan fingerprint density at radius 2 is 1.91 bits per heavy atom. The standard InChI is InChI=1S/C31H37N11O11S2/c1-31(2,29(50)51)53-39-20(16-12-55-30(33)37-16)25(46)38-21-26(47)42-22(28(48)49)14(11-54-27(21)42)8-40-9-15(23(32)36-13-40)34-5-3-4-6-35-24(45)17-7-18(43)19(44)10-41(17)52/h7,9-10,12-13,21,26-27,32,34,47,52H,3-6,8,11H2,1-2H3,(H7,33,35,37,38,44,45,46,48,49,50,51)/p+1/b39-20-/t21-,26?,27?/m1/s1. The van der Waals surface area contributed by atoms with Crippen molar-refractivity contribution in [1.29, 1.82) is 0 Å². The molecule has 3 aromatic rings. The van der Waals surface area contributed by atoms with Gasteiger partial charge in [0, 0.05) is 35.9 Å². The predicted molar refractivity (Wildman–Crippen MR) is 195 cm³/mol. The molecule has 5 rings (SSSR count). The van der Waals surface area contributed by atoms with E-state index in [9.17, 15) is 49.6 Å². The average Bonchev–Trinajstić information content (AvgIpc) is 3.56. The molecule has 0 bridgehead atoms. The molecule has 3 aromatic heterocycles. The number of amides is 2. The lowest BCUT2D eigenvalue weighted by Crippen LogP contribution is -2.73. The number of carboxylic acid groups (broad SMARTS) is 2. The number of thioether (sulfide) groups is 1. The number of nitrogen functional groups attached to an aromatic ring is 2. The Morgan fingerprint density at radius 1 is 1.18 bits per heavy atom.